The molecule has 0 bridgehead atoms. The number of thiophene rings is 1. The number of amides is 1. The lowest BCUT2D eigenvalue weighted by atomic mass is 9.95. The summed E-state index contributed by atoms with van der Waals surface area (Å²) in [7, 11) is 0. The molecule has 1 unspecified atom stereocenters. The number of allylic oxidation sites excluding steroid dienone is 1. The minimum atomic E-state index is -0.158. The molecule has 1 amide bonds. The molecule has 0 aromatic carbocycles. The van der Waals surface area contributed by atoms with Gasteiger partial charge in [-0.25, -0.2) is 0 Å². The summed E-state index contributed by atoms with van der Waals surface area (Å²) in [5.41, 5.74) is 2.94. The van der Waals surface area contributed by atoms with Crippen LogP contribution >= 0.6 is 23.6 Å². The average Bonchev–Trinajstić information content (AvgIpc) is 3.26. The van der Waals surface area contributed by atoms with Crippen molar-refractivity contribution < 1.29 is 9.53 Å². The number of morpholine rings is 1. The molecule has 1 N–H and O–H groups in total. The first-order chi connectivity index (χ1) is 11.7. The van der Waals surface area contributed by atoms with Crippen LogP contribution in [0.1, 0.15) is 31.4 Å². The molecular formula is C17H21N3O2S2. The maximum atomic E-state index is 13.3. The molecule has 1 atom stereocenters. The van der Waals surface area contributed by atoms with Crippen molar-refractivity contribution in [3.05, 3.63) is 33.7 Å². The zero-order valence-electron chi connectivity index (χ0n) is 13.7. The van der Waals surface area contributed by atoms with Gasteiger partial charge in [0.15, 0.2) is 5.11 Å². The van der Waals surface area contributed by atoms with E-state index in [1.807, 2.05) is 17.2 Å². The van der Waals surface area contributed by atoms with Crippen LogP contribution in [0.4, 0.5) is 0 Å². The van der Waals surface area contributed by atoms with E-state index in [9.17, 15) is 4.79 Å². The molecule has 1 aromatic heterocycles. The summed E-state index contributed by atoms with van der Waals surface area (Å²) >= 11 is 7.25. The molecule has 128 valence electrons. The minimum Gasteiger partial charge on any atom is -0.378 e. The molecule has 0 spiro atoms. The monoisotopic (exact) mass is 363 g/mol. The van der Waals surface area contributed by atoms with Crippen LogP contribution in [0.25, 0.3) is 0 Å². The Morgan fingerprint density at radius 1 is 1.38 bits per heavy atom. The predicted octanol–water partition coefficient (Wildman–Crippen LogP) is 2.27. The molecule has 1 aliphatic carbocycles. The number of thiocarbonyl (C=S) groups is 1. The lowest BCUT2D eigenvalue weighted by molar-refractivity contribution is -0.131. The highest BCUT2D eigenvalue weighted by Gasteiger charge is 2.41. The van der Waals surface area contributed by atoms with E-state index in [1.165, 1.54) is 0 Å². The molecule has 1 aromatic rings. The van der Waals surface area contributed by atoms with Gasteiger partial charge in [-0.05, 0) is 54.4 Å². The van der Waals surface area contributed by atoms with E-state index in [2.05, 4.69) is 21.7 Å². The smallest absolute Gasteiger partial charge is 0.254 e. The van der Waals surface area contributed by atoms with E-state index in [0.717, 1.165) is 34.8 Å². The molecule has 1 saturated carbocycles. The number of carbonyl (C=O) groups is 1. The zero-order valence-corrected chi connectivity index (χ0v) is 15.3. The Morgan fingerprint density at radius 2 is 2.12 bits per heavy atom. The number of carbonyl (C=O) groups excluding carboxylic acids is 1. The van der Waals surface area contributed by atoms with Gasteiger partial charge >= 0.3 is 0 Å². The van der Waals surface area contributed by atoms with Gasteiger partial charge in [0.1, 0.15) is 0 Å². The van der Waals surface area contributed by atoms with Gasteiger partial charge in [-0.3, -0.25) is 4.79 Å². The fraction of sp³-hybridized carbons (Fsp3) is 0.529. The summed E-state index contributed by atoms with van der Waals surface area (Å²) < 4.78 is 5.39. The molecule has 0 radical (unpaired) electrons. The highest BCUT2D eigenvalue weighted by molar-refractivity contribution is 7.80. The summed E-state index contributed by atoms with van der Waals surface area (Å²) in [6.07, 6.45) is 2.28. The number of ether oxygens (including phenoxy) is 1. The van der Waals surface area contributed by atoms with E-state index in [-0.39, 0.29) is 11.9 Å². The van der Waals surface area contributed by atoms with Crippen molar-refractivity contribution in [2.24, 2.45) is 0 Å². The van der Waals surface area contributed by atoms with Crippen LogP contribution in [-0.2, 0) is 9.53 Å². The second kappa shape index (κ2) is 6.46. The van der Waals surface area contributed by atoms with Crippen LogP contribution < -0.4 is 5.32 Å². The van der Waals surface area contributed by atoms with E-state index in [1.54, 1.807) is 11.3 Å². The van der Waals surface area contributed by atoms with Gasteiger partial charge in [0.2, 0.25) is 0 Å². The summed E-state index contributed by atoms with van der Waals surface area (Å²) in [6, 6.07) is 2.35. The van der Waals surface area contributed by atoms with E-state index in [0.29, 0.717) is 32.3 Å². The molecule has 3 heterocycles. The predicted molar refractivity (Wildman–Crippen MR) is 97.8 cm³/mol. The number of nitrogens with one attached hydrogen (secondary N) is 1. The third-order valence-electron chi connectivity index (χ3n) is 4.84. The zero-order chi connectivity index (χ0) is 16.7. The van der Waals surface area contributed by atoms with Crippen molar-refractivity contribution in [2.75, 3.05) is 26.3 Å². The largest absolute Gasteiger partial charge is 0.378 e. The summed E-state index contributed by atoms with van der Waals surface area (Å²) in [5, 5.41) is 8.29. The second-order valence-corrected chi connectivity index (χ2v) is 7.61. The van der Waals surface area contributed by atoms with Crippen molar-refractivity contribution in [1.29, 1.82) is 0 Å². The SMILES string of the molecule is CC1=C(C(=O)N2CCOCC2)C(c2ccsc2)NC(=S)N1C1CC1. The van der Waals surface area contributed by atoms with Crippen LogP contribution in [0.5, 0.6) is 0 Å². The molecule has 2 aliphatic heterocycles. The topological polar surface area (TPSA) is 44.8 Å². The Hall–Kier alpha value is -1.44. The van der Waals surface area contributed by atoms with Crippen LogP contribution in [0, 0.1) is 0 Å². The van der Waals surface area contributed by atoms with Crippen LogP contribution in [-0.4, -0.2) is 53.2 Å². The van der Waals surface area contributed by atoms with Gasteiger partial charge in [0.25, 0.3) is 5.91 Å². The first-order valence-electron chi connectivity index (χ1n) is 8.36. The summed E-state index contributed by atoms with van der Waals surface area (Å²) in [4.78, 5) is 17.3. The highest BCUT2D eigenvalue weighted by atomic mass is 32.1. The van der Waals surface area contributed by atoms with Crippen LogP contribution in [0.3, 0.4) is 0 Å². The summed E-state index contributed by atoms with van der Waals surface area (Å²) in [6.45, 7) is 4.57. The maximum Gasteiger partial charge on any atom is 0.254 e. The molecule has 2 fully saturated rings. The van der Waals surface area contributed by atoms with Gasteiger partial charge in [-0.1, -0.05) is 0 Å². The average molecular weight is 364 g/mol. The first kappa shape index (κ1) is 16.1. The van der Waals surface area contributed by atoms with Crippen molar-refractivity contribution in [2.45, 2.75) is 31.8 Å². The van der Waals surface area contributed by atoms with Gasteiger partial charge in [-0.2, -0.15) is 11.3 Å². The quantitative estimate of drug-likeness (QED) is 0.835. The molecular weight excluding hydrogens is 342 g/mol. The Morgan fingerprint density at radius 3 is 2.75 bits per heavy atom. The Labute approximate surface area is 151 Å². The number of hydrogen-bond acceptors (Lipinski definition) is 4. The van der Waals surface area contributed by atoms with Crippen molar-refractivity contribution in [1.82, 2.24) is 15.1 Å². The minimum absolute atomic E-state index is 0.104. The second-order valence-electron chi connectivity index (χ2n) is 6.44. The van der Waals surface area contributed by atoms with Crippen LogP contribution in [0.15, 0.2) is 28.1 Å². The highest BCUT2D eigenvalue weighted by Crippen LogP contribution is 2.38. The van der Waals surface area contributed by atoms with E-state index < -0.39 is 0 Å². The van der Waals surface area contributed by atoms with Gasteiger partial charge in [0.05, 0.1) is 24.8 Å². The molecule has 1 saturated heterocycles. The fourth-order valence-corrected chi connectivity index (χ4v) is 4.52. The van der Waals surface area contributed by atoms with E-state index in [4.69, 9.17) is 17.0 Å². The molecule has 24 heavy (non-hydrogen) atoms. The Kier molecular flexibility index (Phi) is 4.32. The number of nitrogens with zero attached hydrogens (tertiary/aromatic N) is 2. The normalized spacial score (nSPS) is 25.0. The van der Waals surface area contributed by atoms with E-state index >= 15 is 0 Å². The number of hydrogen-bond donors (Lipinski definition) is 1. The number of rotatable bonds is 3. The van der Waals surface area contributed by atoms with Crippen molar-refractivity contribution in [3.63, 3.8) is 0 Å². The maximum absolute atomic E-state index is 13.3. The fourth-order valence-electron chi connectivity index (χ4n) is 3.43. The molecule has 5 nitrogen and oxygen atoms in total. The van der Waals surface area contributed by atoms with Gasteiger partial charge < -0.3 is 19.9 Å². The Balaban J connectivity index is 1.73. The molecule has 7 heteroatoms. The Bertz CT molecular complexity index is 676. The van der Waals surface area contributed by atoms with Crippen molar-refractivity contribution in [3.8, 4) is 0 Å². The molecule has 3 aliphatic rings. The molecule has 4 rings (SSSR count). The third-order valence-corrected chi connectivity index (χ3v) is 5.86. The summed E-state index contributed by atoms with van der Waals surface area (Å²) in [5.74, 6) is 0.104. The van der Waals surface area contributed by atoms with Crippen molar-refractivity contribution >= 4 is 34.6 Å². The van der Waals surface area contributed by atoms with Gasteiger partial charge in [-0.15, -0.1) is 0 Å². The standard InChI is InChI=1S/C17H21N3O2S2/c1-11-14(16(21)19-5-7-22-8-6-19)15(12-4-9-24-10-12)18-17(23)20(11)13-2-3-13/h4,9-10,13,15H,2-3,5-8H2,1H3,(H,18,23). The lowest BCUT2D eigenvalue weighted by Gasteiger charge is -2.39. The first-order valence-corrected chi connectivity index (χ1v) is 9.71. The lowest BCUT2D eigenvalue weighted by Crippen LogP contribution is -2.51. The third kappa shape index (κ3) is 2.85. The van der Waals surface area contributed by atoms with Gasteiger partial charge in [0, 0.05) is 24.8 Å². The van der Waals surface area contributed by atoms with Crippen LogP contribution in [0.2, 0.25) is 0 Å².